The highest BCUT2D eigenvalue weighted by Crippen LogP contribution is 2.31. The molecule has 0 atom stereocenters. The largest absolute Gasteiger partial charge is 0.461 e. The molecule has 5 nitrogen and oxygen atoms in total. The Kier molecular flexibility index (Phi) is 4.59. The van der Waals surface area contributed by atoms with Gasteiger partial charge in [-0.25, -0.2) is 0 Å². The number of carbonyl (C=O) groups is 1. The summed E-state index contributed by atoms with van der Waals surface area (Å²) in [6, 6.07) is 15.6. The zero-order chi connectivity index (χ0) is 18.8. The summed E-state index contributed by atoms with van der Waals surface area (Å²) in [7, 11) is 0. The molecule has 0 unspecified atom stereocenters. The number of hydrogen-bond donors (Lipinski definition) is 0. The Hall–Kier alpha value is -3.21. The van der Waals surface area contributed by atoms with Gasteiger partial charge in [0.1, 0.15) is 12.4 Å². The summed E-state index contributed by atoms with van der Waals surface area (Å²) in [5.74, 6) is 0.549. The summed E-state index contributed by atoms with van der Waals surface area (Å²) >= 11 is 0. The normalized spacial score (nSPS) is 12.6. The second-order valence-electron chi connectivity index (χ2n) is 6.72. The van der Waals surface area contributed by atoms with Gasteiger partial charge in [0.25, 0.3) is 0 Å². The molecule has 0 saturated carbocycles. The molecule has 1 aromatic heterocycles. The van der Waals surface area contributed by atoms with E-state index < -0.39 is 0 Å². The molecule has 3 aromatic rings. The molecule has 2 aromatic carbocycles. The number of carbonyl (C=O) groups excluding carboxylic acids is 1. The number of aliphatic imine (C=N–C) groups is 1. The number of hydrogen-bond acceptors (Lipinski definition) is 5. The van der Waals surface area contributed by atoms with E-state index in [0.29, 0.717) is 13.0 Å². The van der Waals surface area contributed by atoms with Crippen molar-refractivity contribution >= 4 is 17.4 Å². The van der Waals surface area contributed by atoms with Crippen molar-refractivity contribution in [2.24, 2.45) is 4.99 Å². The van der Waals surface area contributed by atoms with Crippen molar-refractivity contribution in [2.45, 2.75) is 33.3 Å². The molecular weight excluding hydrogens is 340 g/mol. The monoisotopic (exact) mass is 360 g/mol. The first-order valence-electron chi connectivity index (χ1n) is 8.92. The van der Waals surface area contributed by atoms with E-state index in [4.69, 9.17) is 14.3 Å². The van der Waals surface area contributed by atoms with E-state index >= 15 is 0 Å². The highest BCUT2D eigenvalue weighted by atomic mass is 16.5. The second-order valence-corrected chi connectivity index (χ2v) is 6.72. The lowest BCUT2D eigenvalue weighted by Crippen LogP contribution is -2.08. The molecule has 0 N–H and O–H groups in total. The van der Waals surface area contributed by atoms with E-state index in [9.17, 15) is 4.79 Å². The number of aryl methyl sites for hydroxylation is 2. The van der Waals surface area contributed by atoms with Crippen LogP contribution in [0.25, 0.3) is 0 Å². The Balaban J connectivity index is 1.41. The standard InChI is InChI=1S/C22H20N2O3/c1-14-22(15(2)27-24-14)20-12-18-10-17(8-9-19(18)23-20)11-21(25)26-13-16-6-4-3-5-7-16/h3-10H,11-13H2,1-2H3. The minimum atomic E-state index is -0.233. The lowest BCUT2D eigenvalue weighted by molar-refractivity contribution is -0.144. The van der Waals surface area contributed by atoms with Crippen molar-refractivity contribution < 1.29 is 14.1 Å². The summed E-state index contributed by atoms with van der Waals surface area (Å²) in [4.78, 5) is 16.9. The molecule has 0 amide bonds. The molecule has 4 rings (SSSR count). The van der Waals surface area contributed by atoms with E-state index in [1.165, 1.54) is 0 Å². The highest BCUT2D eigenvalue weighted by Gasteiger charge is 2.22. The van der Waals surface area contributed by atoms with Crippen molar-refractivity contribution in [1.29, 1.82) is 0 Å². The highest BCUT2D eigenvalue weighted by molar-refractivity contribution is 6.07. The first-order valence-corrected chi connectivity index (χ1v) is 8.92. The van der Waals surface area contributed by atoms with Gasteiger partial charge in [-0.15, -0.1) is 0 Å². The van der Waals surface area contributed by atoms with Crippen LogP contribution < -0.4 is 0 Å². The van der Waals surface area contributed by atoms with E-state index in [-0.39, 0.29) is 12.4 Å². The van der Waals surface area contributed by atoms with E-state index in [1.807, 2.05) is 62.4 Å². The van der Waals surface area contributed by atoms with Crippen LogP contribution in [0.4, 0.5) is 5.69 Å². The molecule has 5 heteroatoms. The third-order valence-corrected chi connectivity index (χ3v) is 4.67. The van der Waals surface area contributed by atoms with Gasteiger partial charge in [0.2, 0.25) is 0 Å². The molecule has 27 heavy (non-hydrogen) atoms. The number of fused-ring (bicyclic) bond motifs is 1. The van der Waals surface area contributed by atoms with Gasteiger partial charge >= 0.3 is 5.97 Å². The van der Waals surface area contributed by atoms with Crippen molar-refractivity contribution in [2.75, 3.05) is 0 Å². The van der Waals surface area contributed by atoms with Gasteiger partial charge in [-0.3, -0.25) is 9.79 Å². The first-order chi connectivity index (χ1) is 13.1. The summed E-state index contributed by atoms with van der Waals surface area (Å²) in [5, 5.41) is 4.01. The van der Waals surface area contributed by atoms with Gasteiger partial charge in [-0.1, -0.05) is 47.6 Å². The molecule has 0 saturated heterocycles. The topological polar surface area (TPSA) is 64.7 Å². The van der Waals surface area contributed by atoms with Crippen molar-refractivity contribution in [3.8, 4) is 0 Å². The predicted molar refractivity (Wildman–Crippen MR) is 102 cm³/mol. The van der Waals surface area contributed by atoms with E-state index in [0.717, 1.165) is 45.1 Å². The van der Waals surface area contributed by atoms with Crippen LogP contribution in [0.15, 0.2) is 58.0 Å². The first kappa shape index (κ1) is 17.2. The number of benzene rings is 2. The maximum absolute atomic E-state index is 12.2. The van der Waals surface area contributed by atoms with Gasteiger partial charge in [-0.2, -0.15) is 0 Å². The number of nitrogens with zero attached hydrogens (tertiary/aromatic N) is 2. The fraction of sp³-hybridized carbons (Fsp3) is 0.227. The Bertz CT molecular complexity index is 1000. The summed E-state index contributed by atoms with van der Waals surface area (Å²) in [6.07, 6.45) is 0.964. The fourth-order valence-electron chi connectivity index (χ4n) is 3.36. The Labute approximate surface area is 157 Å². The Morgan fingerprint density at radius 1 is 1.11 bits per heavy atom. The quantitative estimate of drug-likeness (QED) is 0.638. The van der Waals surface area contributed by atoms with Crippen LogP contribution in [0.1, 0.15) is 33.7 Å². The zero-order valence-corrected chi connectivity index (χ0v) is 15.4. The molecule has 136 valence electrons. The smallest absolute Gasteiger partial charge is 0.310 e. The second kappa shape index (κ2) is 7.19. The Morgan fingerprint density at radius 2 is 1.93 bits per heavy atom. The SMILES string of the molecule is Cc1noc(C)c1C1=Nc2ccc(CC(=O)OCc3ccccc3)cc2C1. The molecule has 2 heterocycles. The molecule has 0 fully saturated rings. The lowest BCUT2D eigenvalue weighted by atomic mass is 10.0. The predicted octanol–water partition coefficient (Wildman–Crippen LogP) is 4.25. The average Bonchev–Trinajstić information content (AvgIpc) is 3.22. The minimum Gasteiger partial charge on any atom is -0.461 e. The average molecular weight is 360 g/mol. The van der Waals surface area contributed by atoms with E-state index in [1.54, 1.807) is 0 Å². The number of esters is 1. The summed E-state index contributed by atoms with van der Waals surface area (Å²) in [5.41, 5.74) is 6.76. The van der Waals surface area contributed by atoms with Crippen LogP contribution in [-0.2, 0) is 29.0 Å². The van der Waals surface area contributed by atoms with Gasteiger partial charge in [0, 0.05) is 6.42 Å². The van der Waals surface area contributed by atoms with E-state index in [2.05, 4.69) is 5.16 Å². The van der Waals surface area contributed by atoms with Crippen LogP contribution >= 0.6 is 0 Å². The maximum Gasteiger partial charge on any atom is 0.310 e. The van der Waals surface area contributed by atoms with Crippen LogP contribution in [0.3, 0.4) is 0 Å². The molecule has 1 aliphatic rings. The minimum absolute atomic E-state index is 0.233. The van der Waals surface area contributed by atoms with Crippen LogP contribution in [0.5, 0.6) is 0 Å². The lowest BCUT2D eigenvalue weighted by Gasteiger charge is -2.06. The molecular formula is C22H20N2O3. The van der Waals surface area contributed by atoms with Gasteiger partial charge in [-0.05, 0) is 36.6 Å². The number of aromatic nitrogens is 1. The van der Waals surface area contributed by atoms with Crippen LogP contribution in [0.2, 0.25) is 0 Å². The Morgan fingerprint density at radius 3 is 2.67 bits per heavy atom. The molecule has 0 aliphatic carbocycles. The number of rotatable bonds is 5. The molecule has 1 aliphatic heterocycles. The molecule has 0 radical (unpaired) electrons. The van der Waals surface area contributed by atoms with Crippen molar-refractivity contribution in [1.82, 2.24) is 5.16 Å². The summed E-state index contributed by atoms with van der Waals surface area (Å²) < 4.78 is 10.6. The maximum atomic E-state index is 12.2. The van der Waals surface area contributed by atoms with Gasteiger partial charge < -0.3 is 9.26 Å². The van der Waals surface area contributed by atoms with Gasteiger partial charge in [0.05, 0.1) is 29.1 Å². The molecule has 0 bridgehead atoms. The van der Waals surface area contributed by atoms with Crippen LogP contribution in [0, 0.1) is 13.8 Å². The fourth-order valence-corrected chi connectivity index (χ4v) is 3.36. The third kappa shape index (κ3) is 3.67. The molecule has 0 spiro atoms. The third-order valence-electron chi connectivity index (χ3n) is 4.67. The van der Waals surface area contributed by atoms with Crippen molar-refractivity contribution in [3.63, 3.8) is 0 Å². The van der Waals surface area contributed by atoms with Crippen LogP contribution in [-0.4, -0.2) is 16.8 Å². The summed E-state index contributed by atoms with van der Waals surface area (Å²) in [6.45, 7) is 4.12. The van der Waals surface area contributed by atoms with Crippen molar-refractivity contribution in [3.05, 3.63) is 82.2 Å². The van der Waals surface area contributed by atoms with Gasteiger partial charge in [0.15, 0.2) is 0 Å². The zero-order valence-electron chi connectivity index (χ0n) is 15.4. The number of ether oxygens (including phenoxy) is 1.